The molecule has 2 N–H and O–H groups in total. The van der Waals surface area contributed by atoms with E-state index in [-0.39, 0.29) is 11.8 Å². The van der Waals surface area contributed by atoms with Crippen molar-refractivity contribution in [2.45, 2.75) is 26.3 Å². The Labute approximate surface area is 179 Å². The third kappa shape index (κ3) is 4.07. The molecule has 0 saturated heterocycles. The van der Waals surface area contributed by atoms with Crippen LogP contribution in [0.4, 0.5) is 5.69 Å². The third-order valence-electron chi connectivity index (χ3n) is 5.06. The summed E-state index contributed by atoms with van der Waals surface area (Å²) in [5.74, 6) is -0.864. The lowest BCUT2D eigenvalue weighted by molar-refractivity contribution is -0.124. The van der Waals surface area contributed by atoms with Crippen molar-refractivity contribution < 1.29 is 9.59 Å². The molecule has 0 fully saturated rings. The van der Waals surface area contributed by atoms with Crippen LogP contribution in [0.3, 0.4) is 0 Å². The molecular weight excluding hydrogens is 402 g/mol. The molecule has 0 aromatic heterocycles. The average molecular weight is 422 g/mol. The Morgan fingerprint density at radius 3 is 2.37 bits per heavy atom. The van der Waals surface area contributed by atoms with Gasteiger partial charge in [-0.25, -0.2) is 0 Å². The molecule has 3 rings (SSSR count). The number of nitrogens with zero attached hydrogens (tertiary/aromatic N) is 3. The van der Waals surface area contributed by atoms with Gasteiger partial charge in [0.05, 0.1) is 22.2 Å². The number of rotatable bonds is 4. The summed E-state index contributed by atoms with van der Waals surface area (Å²) in [6, 6.07) is 13.1. The highest BCUT2D eigenvalue weighted by Crippen LogP contribution is 2.37. The number of halogens is 1. The number of anilines is 1. The number of fused-ring (bicyclic) bond motifs is 1. The van der Waals surface area contributed by atoms with Gasteiger partial charge in [0.2, 0.25) is 0 Å². The van der Waals surface area contributed by atoms with Gasteiger partial charge in [-0.2, -0.15) is 10.5 Å². The predicted octanol–water partition coefficient (Wildman–Crippen LogP) is 2.93. The van der Waals surface area contributed by atoms with Gasteiger partial charge in [-0.3, -0.25) is 20.4 Å². The van der Waals surface area contributed by atoms with Crippen LogP contribution in [-0.2, 0) is 11.2 Å². The van der Waals surface area contributed by atoms with Crippen LogP contribution in [0, 0.1) is 28.6 Å². The van der Waals surface area contributed by atoms with Gasteiger partial charge in [-0.1, -0.05) is 25.4 Å². The van der Waals surface area contributed by atoms with Crippen molar-refractivity contribution >= 4 is 29.1 Å². The lowest BCUT2D eigenvalue weighted by Gasteiger charge is -2.32. The minimum atomic E-state index is -0.531. The maximum absolute atomic E-state index is 12.9. The highest BCUT2D eigenvalue weighted by molar-refractivity contribution is 6.33. The molecule has 0 bridgehead atoms. The molecule has 7 nitrogen and oxygen atoms in total. The first-order chi connectivity index (χ1) is 14.4. The molecule has 1 heterocycles. The van der Waals surface area contributed by atoms with E-state index in [0.29, 0.717) is 34.7 Å². The number of carbonyl (C=O) groups excluding carboxylic acids is 2. The van der Waals surface area contributed by atoms with E-state index in [1.54, 1.807) is 6.07 Å². The van der Waals surface area contributed by atoms with Crippen LogP contribution in [0.2, 0.25) is 5.02 Å². The molecule has 0 radical (unpaired) electrons. The Morgan fingerprint density at radius 2 is 1.77 bits per heavy atom. The molecular formula is C22H20ClN5O2. The number of nitrogens with one attached hydrogen (secondary N) is 2. The van der Waals surface area contributed by atoms with Crippen LogP contribution >= 0.6 is 11.6 Å². The molecule has 1 atom stereocenters. The van der Waals surface area contributed by atoms with Crippen molar-refractivity contribution in [2.24, 2.45) is 5.92 Å². The molecule has 0 saturated carbocycles. The van der Waals surface area contributed by atoms with Gasteiger partial charge >= 0.3 is 0 Å². The molecule has 1 unspecified atom stereocenters. The number of hydrazine groups is 1. The second-order valence-corrected chi connectivity index (χ2v) is 7.68. The highest BCUT2D eigenvalue weighted by Gasteiger charge is 2.34. The summed E-state index contributed by atoms with van der Waals surface area (Å²) in [5, 5.41) is 18.4. The summed E-state index contributed by atoms with van der Waals surface area (Å²) in [7, 11) is 0. The fourth-order valence-corrected chi connectivity index (χ4v) is 3.91. The topological polar surface area (TPSA) is 109 Å². The summed E-state index contributed by atoms with van der Waals surface area (Å²) < 4.78 is 0. The summed E-state index contributed by atoms with van der Waals surface area (Å²) >= 11 is 6.35. The first kappa shape index (κ1) is 21.2. The van der Waals surface area contributed by atoms with Gasteiger partial charge in [0.25, 0.3) is 11.8 Å². The van der Waals surface area contributed by atoms with Gasteiger partial charge in [0, 0.05) is 17.8 Å². The van der Waals surface area contributed by atoms with Crippen LogP contribution in [0.5, 0.6) is 0 Å². The van der Waals surface area contributed by atoms with Crippen molar-refractivity contribution in [1.82, 2.24) is 10.9 Å². The van der Waals surface area contributed by atoms with Gasteiger partial charge in [-0.15, -0.1) is 0 Å². The first-order valence-corrected chi connectivity index (χ1v) is 9.83. The van der Waals surface area contributed by atoms with Gasteiger partial charge in [-0.05, 0) is 54.3 Å². The van der Waals surface area contributed by atoms with E-state index >= 15 is 0 Å². The SMILES string of the molecule is CC(C)C(C(=O)NNC(=O)c1ccc(C#N)cc1)N1CCc2c1ccc(C#N)c2Cl. The monoisotopic (exact) mass is 421 g/mol. The molecule has 8 heteroatoms. The Morgan fingerprint density at radius 1 is 1.07 bits per heavy atom. The van der Waals surface area contributed by atoms with Crippen molar-refractivity contribution in [1.29, 1.82) is 10.5 Å². The fraction of sp³-hybridized carbons (Fsp3) is 0.273. The number of nitriles is 2. The average Bonchev–Trinajstić information content (AvgIpc) is 3.16. The Balaban J connectivity index is 1.74. The lowest BCUT2D eigenvalue weighted by atomic mass is 10.0. The van der Waals surface area contributed by atoms with Crippen molar-refractivity contribution in [3.8, 4) is 12.1 Å². The number of hydrogen-bond acceptors (Lipinski definition) is 5. The van der Waals surface area contributed by atoms with E-state index in [9.17, 15) is 14.9 Å². The van der Waals surface area contributed by atoms with E-state index in [2.05, 4.69) is 16.9 Å². The van der Waals surface area contributed by atoms with Crippen molar-refractivity contribution in [3.05, 3.63) is 63.7 Å². The van der Waals surface area contributed by atoms with Crippen LogP contribution in [0.1, 0.15) is 40.9 Å². The van der Waals surface area contributed by atoms with E-state index in [0.717, 1.165) is 11.3 Å². The Hall–Kier alpha value is -3.55. The van der Waals surface area contributed by atoms with E-state index in [4.69, 9.17) is 16.9 Å². The van der Waals surface area contributed by atoms with E-state index in [1.807, 2.05) is 30.9 Å². The zero-order valence-electron chi connectivity index (χ0n) is 16.6. The number of amides is 2. The van der Waals surface area contributed by atoms with Gasteiger partial charge < -0.3 is 4.90 Å². The summed E-state index contributed by atoms with van der Waals surface area (Å²) in [4.78, 5) is 27.2. The minimum absolute atomic E-state index is 0.0443. The van der Waals surface area contributed by atoms with Crippen LogP contribution in [0.25, 0.3) is 0 Å². The molecule has 152 valence electrons. The highest BCUT2D eigenvalue weighted by atomic mass is 35.5. The minimum Gasteiger partial charge on any atom is -0.359 e. The van der Waals surface area contributed by atoms with Crippen molar-refractivity contribution in [3.63, 3.8) is 0 Å². The van der Waals surface area contributed by atoms with Crippen LogP contribution in [-0.4, -0.2) is 24.4 Å². The zero-order valence-corrected chi connectivity index (χ0v) is 17.3. The molecule has 1 aliphatic rings. The largest absolute Gasteiger partial charge is 0.359 e. The number of carbonyl (C=O) groups is 2. The second kappa shape index (κ2) is 8.86. The standard InChI is InChI=1S/C22H20ClN5O2/c1-13(2)20(28-10-9-17-18(28)8-7-16(12-25)19(17)23)22(30)27-26-21(29)15-5-3-14(11-24)4-6-15/h3-8,13,20H,9-10H2,1-2H3,(H,26,29)(H,27,30). The van der Waals surface area contributed by atoms with E-state index in [1.165, 1.54) is 24.3 Å². The van der Waals surface area contributed by atoms with Crippen LogP contribution < -0.4 is 15.8 Å². The molecule has 2 aromatic carbocycles. The third-order valence-corrected chi connectivity index (χ3v) is 5.49. The summed E-state index contributed by atoms with van der Waals surface area (Å²) in [5.41, 5.74) is 7.81. The normalized spacial score (nSPS) is 13.2. The maximum atomic E-state index is 12.9. The molecule has 0 spiro atoms. The second-order valence-electron chi connectivity index (χ2n) is 7.30. The van der Waals surface area contributed by atoms with Gasteiger partial charge in [0.15, 0.2) is 0 Å². The summed E-state index contributed by atoms with van der Waals surface area (Å²) in [6.07, 6.45) is 0.637. The van der Waals surface area contributed by atoms with Crippen molar-refractivity contribution in [2.75, 3.05) is 11.4 Å². The molecule has 30 heavy (non-hydrogen) atoms. The molecule has 2 amide bonds. The molecule has 2 aromatic rings. The first-order valence-electron chi connectivity index (χ1n) is 9.45. The quantitative estimate of drug-likeness (QED) is 0.737. The van der Waals surface area contributed by atoms with E-state index < -0.39 is 11.9 Å². The smallest absolute Gasteiger partial charge is 0.269 e. The number of benzene rings is 2. The number of hydrogen-bond donors (Lipinski definition) is 2. The molecule has 0 aliphatic carbocycles. The fourth-order valence-electron chi connectivity index (χ4n) is 3.61. The van der Waals surface area contributed by atoms with Gasteiger partial charge in [0.1, 0.15) is 12.1 Å². The maximum Gasteiger partial charge on any atom is 0.269 e. The summed E-state index contributed by atoms with van der Waals surface area (Å²) in [6.45, 7) is 4.44. The van der Waals surface area contributed by atoms with Crippen LogP contribution in [0.15, 0.2) is 36.4 Å². The Bertz CT molecular complexity index is 1070. The lowest BCUT2D eigenvalue weighted by Crippen LogP contribution is -2.54. The predicted molar refractivity (Wildman–Crippen MR) is 113 cm³/mol. The zero-order chi connectivity index (χ0) is 21.8. The molecule has 1 aliphatic heterocycles. The Kier molecular flexibility index (Phi) is 6.25.